The maximum atomic E-state index is 10.0. The van der Waals surface area contributed by atoms with Crippen molar-refractivity contribution in [3.8, 4) is 0 Å². The van der Waals surface area contributed by atoms with Gasteiger partial charge >= 0.3 is 17.9 Å². The normalized spacial score (nSPS) is 12.6. The first-order chi connectivity index (χ1) is 7.64. The van der Waals surface area contributed by atoms with Crippen molar-refractivity contribution in [3.05, 3.63) is 0 Å². The van der Waals surface area contributed by atoms with Gasteiger partial charge in [-0.05, 0) is 6.92 Å². The second-order valence-electron chi connectivity index (χ2n) is 2.99. The van der Waals surface area contributed by atoms with Crippen molar-refractivity contribution in [1.82, 2.24) is 0 Å². The predicted molar refractivity (Wildman–Crippen MR) is 53.4 cm³/mol. The number of ketones is 1. The Bertz CT molecular complexity index is 290. The van der Waals surface area contributed by atoms with Crippen LogP contribution in [0, 0.1) is 5.92 Å². The highest BCUT2D eigenvalue weighted by Gasteiger charge is 2.26. The smallest absolute Gasteiger partial charge is 0.372 e. The van der Waals surface area contributed by atoms with Gasteiger partial charge in [0, 0.05) is 6.42 Å². The summed E-state index contributed by atoms with van der Waals surface area (Å²) in [6.07, 6.45) is -1.74. The van der Waals surface area contributed by atoms with Gasteiger partial charge in [-0.2, -0.15) is 0 Å². The maximum Gasteiger partial charge on any atom is 0.372 e. The van der Waals surface area contributed by atoms with Crippen LogP contribution >= 0.6 is 0 Å². The van der Waals surface area contributed by atoms with E-state index in [2.05, 4.69) is 0 Å². The summed E-state index contributed by atoms with van der Waals surface area (Å²) in [5, 5.41) is 32.7. The molecule has 0 amide bonds. The number of Topliss-reactive ketones (excluding diaryl/α,β-unsaturated/α-hetero) is 1. The first-order valence-electron chi connectivity index (χ1n) is 4.54. The van der Waals surface area contributed by atoms with Crippen molar-refractivity contribution in [2.45, 2.75) is 26.4 Å². The van der Waals surface area contributed by atoms with Gasteiger partial charge in [0.05, 0.1) is 5.92 Å². The molecule has 0 heterocycles. The lowest BCUT2D eigenvalue weighted by atomic mass is 10.1. The van der Waals surface area contributed by atoms with Crippen molar-refractivity contribution < 1.29 is 39.6 Å². The molecule has 4 N–H and O–H groups in total. The number of aliphatic carboxylic acids is 3. The lowest BCUT2D eigenvalue weighted by Crippen LogP contribution is -2.32. The third-order valence-electron chi connectivity index (χ3n) is 1.68. The number of hydrogen-bond acceptors (Lipinski definition) is 5. The van der Waals surface area contributed by atoms with E-state index in [4.69, 9.17) is 20.4 Å². The van der Waals surface area contributed by atoms with Crippen molar-refractivity contribution in [1.29, 1.82) is 0 Å². The molecule has 0 aliphatic heterocycles. The molecule has 0 saturated carbocycles. The molecule has 2 unspecified atom stereocenters. The van der Waals surface area contributed by atoms with Crippen LogP contribution in [0.3, 0.4) is 0 Å². The first-order valence-corrected chi connectivity index (χ1v) is 4.54. The maximum absolute atomic E-state index is 10.0. The zero-order valence-corrected chi connectivity index (χ0v) is 9.28. The van der Waals surface area contributed by atoms with Crippen LogP contribution in [0.15, 0.2) is 0 Å². The second-order valence-corrected chi connectivity index (χ2v) is 2.99. The van der Waals surface area contributed by atoms with Gasteiger partial charge in [-0.15, -0.1) is 0 Å². The Balaban J connectivity index is 0. The largest absolute Gasteiger partial charge is 0.481 e. The Hall–Kier alpha value is -1.96. The summed E-state index contributed by atoms with van der Waals surface area (Å²) < 4.78 is 0. The molecule has 0 aliphatic carbocycles. The first kappa shape index (κ1) is 17.4. The van der Waals surface area contributed by atoms with Crippen LogP contribution in [-0.4, -0.2) is 50.2 Å². The predicted octanol–water partition coefficient (Wildman–Crippen LogP) is -0.797. The molecule has 8 nitrogen and oxygen atoms in total. The molecule has 0 aliphatic rings. The van der Waals surface area contributed by atoms with Gasteiger partial charge in [-0.3, -0.25) is 9.59 Å². The van der Waals surface area contributed by atoms with Gasteiger partial charge < -0.3 is 20.4 Å². The molecule has 8 heteroatoms. The Kier molecular flexibility index (Phi) is 8.43. The Morgan fingerprint density at radius 2 is 1.41 bits per heavy atom. The number of aliphatic hydroxyl groups excluding tert-OH is 1. The van der Waals surface area contributed by atoms with E-state index in [1.807, 2.05) is 0 Å². The number of carboxylic acids is 3. The van der Waals surface area contributed by atoms with Gasteiger partial charge in [0.1, 0.15) is 0 Å². The SMILES string of the molecule is CC(C(=O)O)C(O)C(=O)O.CCC(=O)C(=O)O. The van der Waals surface area contributed by atoms with Gasteiger partial charge in [-0.25, -0.2) is 9.59 Å². The summed E-state index contributed by atoms with van der Waals surface area (Å²) in [4.78, 5) is 39.4. The number of rotatable bonds is 5. The standard InChI is InChI=1S/C5H8O5.C4H6O3/c1-2(4(7)8)3(6)5(9)10;1-2-3(5)4(6)7/h2-3,6H,1H3,(H,7,8)(H,9,10);2H2,1H3,(H,6,7). The van der Waals surface area contributed by atoms with Gasteiger partial charge in [0.15, 0.2) is 6.10 Å². The zero-order valence-electron chi connectivity index (χ0n) is 9.28. The summed E-state index contributed by atoms with van der Waals surface area (Å²) in [5.74, 6) is -6.19. The second kappa shape index (κ2) is 8.22. The van der Waals surface area contributed by atoms with E-state index in [1.165, 1.54) is 6.92 Å². The number of carboxylic acid groups (broad SMARTS) is 3. The molecule has 0 radical (unpaired) electrons. The van der Waals surface area contributed by atoms with E-state index in [0.717, 1.165) is 6.92 Å². The number of hydrogen-bond donors (Lipinski definition) is 4. The molecular formula is C9H14O8. The molecule has 0 aromatic carbocycles. The Morgan fingerprint density at radius 1 is 1.00 bits per heavy atom. The van der Waals surface area contributed by atoms with Crippen LogP contribution in [0.25, 0.3) is 0 Å². The minimum Gasteiger partial charge on any atom is -0.481 e. The lowest BCUT2D eigenvalue weighted by molar-refractivity contribution is -0.158. The van der Waals surface area contributed by atoms with Gasteiger partial charge in [0.2, 0.25) is 5.78 Å². The Labute approximate surface area is 96.5 Å². The van der Waals surface area contributed by atoms with E-state index in [1.54, 1.807) is 0 Å². The molecular weight excluding hydrogens is 236 g/mol. The molecule has 0 rings (SSSR count). The molecule has 0 saturated heterocycles. The molecule has 0 aromatic rings. The fraction of sp³-hybridized carbons (Fsp3) is 0.556. The van der Waals surface area contributed by atoms with Crippen molar-refractivity contribution in [2.24, 2.45) is 5.92 Å². The van der Waals surface area contributed by atoms with Crippen molar-refractivity contribution >= 4 is 23.7 Å². The monoisotopic (exact) mass is 250 g/mol. The Morgan fingerprint density at radius 3 is 1.47 bits per heavy atom. The van der Waals surface area contributed by atoms with Crippen LogP contribution in [-0.2, 0) is 19.2 Å². The van der Waals surface area contributed by atoms with Crippen LogP contribution in [0.4, 0.5) is 0 Å². The highest BCUT2D eigenvalue weighted by Crippen LogP contribution is 2.02. The molecule has 0 fully saturated rings. The van der Waals surface area contributed by atoms with E-state index >= 15 is 0 Å². The molecule has 0 bridgehead atoms. The number of aliphatic hydroxyl groups is 1. The van der Waals surface area contributed by atoms with Gasteiger partial charge in [0.25, 0.3) is 0 Å². The lowest BCUT2D eigenvalue weighted by Gasteiger charge is -2.08. The van der Waals surface area contributed by atoms with Gasteiger partial charge in [-0.1, -0.05) is 6.92 Å². The molecule has 17 heavy (non-hydrogen) atoms. The topological polar surface area (TPSA) is 149 Å². The fourth-order valence-electron chi connectivity index (χ4n) is 0.500. The quantitative estimate of drug-likeness (QED) is 0.463. The number of carbonyl (C=O) groups is 4. The zero-order chi connectivity index (χ0) is 14.2. The molecule has 0 spiro atoms. The molecule has 2 atom stereocenters. The van der Waals surface area contributed by atoms with Crippen LogP contribution in [0.2, 0.25) is 0 Å². The van der Waals surface area contributed by atoms with E-state index in [-0.39, 0.29) is 6.42 Å². The molecule has 0 aromatic heterocycles. The fourth-order valence-corrected chi connectivity index (χ4v) is 0.500. The average molecular weight is 250 g/mol. The summed E-state index contributed by atoms with van der Waals surface area (Å²) in [5.41, 5.74) is 0. The van der Waals surface area contributed by atoms with E-state index in [0.29, 0.717) is 0 Å². The van der Waals surface area contributed by atoms with E-state index in [9.17, 15) is 19.2 Å². The van der Waals surface area contributed by atoms with Crippen LogP contribution < -0.4 is 0 Å². The summed E-state index contributed by atoms with van der Waals surface area (Å²) in [6.45, 7) is 2.64. The van der Waals surface area contributed by atoms with Crippen molar-refractivity contribution in [2.75, 3.05) is 0 Å². The van der Waals surface area contributed by atoms with E-state index < -0.39 is 35.7 Å². The highest BCUT2D eigenvalue weighted by atomic mass is 16.4. The molecule has 98 valence electrons. The highest BCUT2D eigenvalue weighted by molar-refractivity contribution is 6.32. The number of carbonyl (C=O) groups excluding carboxylic acids is 1. The van der Waals surface area contributed by atoms with Crippen LogP contribution in [0.1, 0.15) is 20.3 Å². The average Bonchev–Trinajstić information content (AvgIpc) is 2.26. The summed E-state index contributed by atoms with van der Waals surface area (Å²) >= 11 is 0. The minimum absolute atomic E-state index is 0.0787. The van der Waals surface area contributed by atoms with Crippen molar-refractivity contribution in [3.63, 3.8) is 0 Å². The summed E-state index contributed by atoms with van der Waals surface area (Å²) in [6, 6.07) is 0. The third-order valence-corrected chi connectivity index (χ3v) is 1.68. The third kappa shape index (κ3) is 7.91. The van der Waals surface area contributed by atoms with Crippen LogP contribution in [0.5, 0.6) is 0 Å². The summed E-state index contributed by atoms with van der Waals surface area (Å²) in [7, 11) is 0. The minimum atomic E-state index is -1.82.